The van der Waals surface area contributed by atoms with E-state index >= 15 is 0 Å². The first kappa shape index (κ1) is 22.7. The molecule has 0 heterocycles. The topological polar surface area (TPSA) is 49.3 Å². The van der Waals surface area contributed by atoms with Crippen LogP contribution in [-0.4, -0.2) is 16.6 Å². The molecule has 3 nitrogen and oxygen atoms in total. The smallest absolute Gasteiger partial charge is 0.388 e. The molecule has 0 aliphatic heterocycles. The van der Waals surface area contributed by atoms with Gasteiger partial charge in [-0.05, 0) is 72.8 Å². The molecule has 1 atom stereocenters. The van der Waals surface area contributed by atoms with Crippen LogP contribution in [0.15, 0.2) is 36.4 Å². The van der Waals surface area contributed by atoms with Gasteiger partial charge in [-0.15, -0.1) is 0 Å². The van der Waals surface area contributed by atoms with Gasteiger partial charge in [0.2, 0.25) is 5.91 Å². The molecule has 0 unspecified atom stereocenters. The van der Waals surface area contributed by atoms with Crippen LogP contribution in [0.1, 0.15) is 44.4 Å². The molecule has 0 fully saturated rings. The summed E-state index contributed by atoms with van der Waals surface area (Å²) in [7, 11) is 0. The van der Waals surface area contributed by atoms with Crippen molar-refractivity contribution in [1.82, 2.24) is 5.32 Å². The minimum absolute atomic E-state index is 0.240. The van der Waals surface area contributed by atoms with E-state index in [-0.39, 0.29) is 27.8 Å². The van der Waals surface area contributed by atoms with Gasteiger partial charge in [0.05, 0.1) is 18.1 Å². The molecule has 2 N–H and O–H groups in total. The largest absolute Gasteiger partial charge is 0.416 e. The number of aliphatic hydroxyl groups excluding tert-OH is 1. The van der Waals surface area contributed by atoms with E-state index < -0.39 is 23.4 Å². The van der Waals surface area contributed by atoms with Crippen molar-refractivity contribution in [2.24, 2.45) is 0 Å². The first-order valence-corrected chi connectivity index (χ1v) is 9.93. The molecule has 0 aliphatic carbocycles. The van der Waals surface area contributed by atoms with Crippen molar-refractivity contribution in [3.05, 3.63) is 57.6 Å². The Morgan fingerprint density at radius 1 is 1.00 bits per heavy atom. The Morgan fingerprint density at radius 3 is 2.23 bits per heavy atom. The van der Waals surface area contributed by atoms with Gasteiger partial charge in [-0.25, -0.2) is 0 Å². The van der Waals surface area contributed by atoms with Crippen molar-refractivity contribution in [2.75, 3.05) is 0 Å². The summed E-state index contributed by atoms with van der Waals surface area (Å²) in [5, 5.41) is 15.6. The molecule has 1 amide bonds. The number of halogens is 5. The number of aliphatic hydroxyl groups is 1. The summed E-state index contributed by atoms with van der Waals surface area (Å²) in [5.41, 5.74) is -0.992. The Kier molecular flexibility index (Phi) is 5.98. The fourth-order valence-corrected chi connectivity index (χ4v) is 3.96. The maximum atomic E-state index is 13.3. The molecule has 3 aromatic carbocycles. The fraction of sp³-hybridized carbons (Fsp3) is 0.318. The molecule has 30 heavy (non-hydrogen) atoms. The molecule has 0 bridgehead atoms. The van der Waals surface area contributed by atoms with Gasteiger partial charge in [-0.2, -0.15) is 13.2 Å². The van der Waals surface area contributed by atoms with Gasteiger partial charge in [0.15, 0.2) is 0 Å². The van der Waals surface area contributed by atoms with E-state index in [0.717, 1.165) is 12.1 Å². The Hall–Kier alpha value is -2.02. The summed E-state index contributed by atoms with van der Waals surface area (Å²) in [6.07, 6.45) is -6.02. The minimum atomic E-state index is -4.54. The highest BCUT2D eigenvalue weighted by molar-refractivity contribution is 6.39. The summed E-state index contributed by atoms with van der Waals surface area (Å²) >= 11 is 12.4. The van der Waals surface area contributed by atoms with Crippen LogP contribution in [0.25, 0.3) is 21.5 Å². The number of carbonyl (C=O) groups excluding carboxylic acids is 1. The van der Waals surface area contributed by atoms with Gasteiger partial charge in [0, 0.05) is 21.0 Å². The third-order valence-corrected chi connectivity index (χ3v) is 5.13. The monoisotopic (exact) mass is 457 g/mol. The number of hydrogen-bond donors (Lipinski definition) is 2. The number of amides is 1. The van der Waals surface area contributed by atoms with Crippen LogP contribution in [0.5, 0.6) is 0 Å². The van der Waals surface area contributed by atoms with Crippen LogP contribution in [0.3, 0.4) is 0 Å². The van der Waals surface area contributed by atoms with E-state index in [1.54, 1.807) is 6.07 Å². The number of benzene rings is 3. The summed E-state index contributed by atoms with van der Waals surface area (Å²) in [4.78, 5) is 12.3. The molecule has 0 saturated carbocycles. The van der Waals surface area contributed by atoms with Gasteiger partial charge in [0.1, 0.15) is 0 Å². The summed E-state index contributed by atoms with van der Waals surface area (Å²) < 4.78 is 39.9. The van der Waals surface area contributed by atoms with Crippen molar-refractivity contribution < 1.29 is 23.1 Å². The van der Waals surface area contributed by atoms with Crippen LogP contribution in [0.2, 0.25) is 10.0 Å². The van der Waals surface area contributed by atoms with E-state index in [0.29, 0.717) is 21.7 Å². The molecular formula is C22H20Cl2F3NO2. The second-order valence-electron chi connectivity index (χ2n) is 8.22. The van der Waals surface area contributed by atoms with Crippen LogP contribution in [0.4, 0.5) is 13.2 Å². The maximum absolute atomic E-state index is 13.3. The van der Waals surface area contributed by atoms with Gasteiger partial charge >= 0.3 is 6.18 Å². The third-order valence-electron chi connectivity index (χ3n) is 4.59. The van der Waals surface area contributed by atoms with Crippen molar-refractivity contribution in [3.8, 4) is 0 Å². The zero-order chi connectivity index (χ0) is 22.4. The molecule has 0 saturated heterocycles. The van der Waals surface area contributed by atoms with E-state index in [9.17, 15) is 23.1 Å². The van der Waals surface area contributed by atoms with E-state index in [4.69, 9.17) is 23.2 Å². The number of hydrogen-bond acceptors (Lipinski definition) is 2. The zero-order valence-electron chi connectivity index (χ0n) is 16.5. The Morgan fingerprint density at radius 2 is 1.63 bits per heavy atom. The lowest BCUT2D eigenvalue weighted by molar-refractivity contribution is -0.137. The summed E-state index contributed by atoms with van der Waals surface area (Å²) in [5.74, 6) is -0.377. The Labute approximate surface area is 181 Å². The highest BCUT2D eigenvalue weighted by Gasteiger charge is 2.31. The van der Waals surface area contributed by atoms with E-state index in [2.05, 4.69) is 5.32 Å². The number of fused-ring (bicyclic) bond motifs is 3. The van der Waals surface area contributed by atoms with Gasteiger partial charge in [-0.3, -0.25) is 4.79 Å². The molecule has 3 rings (SSSR count). The molecule has 160 valence electrons. The Balaban J connectivity index is 2.22. The molecule has 3 aromatic rings. The van der Waals surface area contributed by atoms with Gasteiger partial charge in [0.25, 0.3) is 0 Å². The first-order chi connectivity index (χ1) is 13.8. The van der Waals surface area contributed by atoms with Gasteiger partial charge in [-0.1, -0.05) is 29.3 Å². The second-order valence-corrected chi connectivity index (χ2v) is 9.07. The van der Waals surface area contributed by atoms with Crippen LogP contribution in [-0.2, 0) is 11.0 Å². The number of carbonyl (C=O) groups is 1. The second kappa shape index (κ2) is 7.91. The lowest BCUT2D eigenvalue weighted by Crippen LogP contribution is -2.41. The highest BCUT2D eigenvalue weighted by Crippen LogP contribution is 2.40. The minimum Gasteiger partial charge on any atom is -0.388 e. The lowest BCUT2D eigenvalue weighted by atomic mass is 9.92. The standard InChI is InChI=1S/C22H20Cl2F3NO2/c1-21(2,3)28-20(30)10-19(29)17-9-16-15(7-12(23)8-18(16)24)14-6-11(22(25,26)27)4-5-13(14)17/h4-9,19,29H,10H2,1-3H3,(H,28,30)/t19-/m1/s1. The predicted molar refractivity (Wildman–Crippen MR) is 114 cm³/mol. The number of nitrogens with one attached hydrogen (secondary N) is 1. The molecule has 8 heteroatoms. The summed E-state index contributed by atoms with van der Waals surface area (Å²) in [6, 6.07) is 7.87. The third kappa shape index (κ3) is 4.82. The van der Waals surface area contributed by atoms with E-state index in [1.165, 1.54) is 18.2 Å². The number of alkyl halides is 3. The summed E-state index contributed by atoms with van der Waals surface area (Å²) in [6.45, 7) is 5.43. The molecular weight excluding hydrogens is 438 g/mol. The van der Waals surface area contributed by atoms with Crippen LogP contribution < -0.4 is 5.32 Å². The molecule has 0 radical (unpaired) electrons. The van der Waals surface area contributed by atoms with Crippen molar-refractivity contribution in [3.63, 3.8) is 0 Å². The molecule has 0 aliphatic rings. The van der Waals surface area contributed by atoms with Crippen LogP contribution >= 0.6 is 23.2 Å². The normalized spacial score (nSPS) is 13.6. The average Bonchev–Trinajstić information content (AvgIpc) is 2.58. The number of rotatable bonds is 3. The van der Waals surface area contributed by atoms with E-state index in [1.807, 2.05) is 20.8 Å². The van der Waals surface area contributed by atoms with Crippen molar-refractivity contribution in [1.29, 1.82) is 0 Å². The average molecular weight is 458 g/mol. The zero-order valence-corrected chi connectivity index (χ0v) is 18.0. The lowest BCUT2D eigenvalue weighted by Gasteiger charge is -2.22. The molecule has 0 spiro atoms. The molecule has 0 aromatic heterocycles. The highest BCUT2D eigenvalue weighted by atomic mass is 35.5. The van der Waals surface area contributed by atoms with Crippen molar-refractivity contribution >= 4 is 50.7 Å². The SMILES string of the molecule is CC(C)(C)NC(=O)C[C@@H](O)c1cc2c(Cl)cc(Cl)cc2c2cc(C(F)(F)F)ccc12. The first-order valence-electron chi connectivity index (χ1n) is 9.18. The van der Waals surface area contributed by atoms with Crippen molar-refractivity contribution in [2.45, 2.75) is 45.0 Å². The van der Waals surface area contributed by atoms with Gasteiger partial charge < -0.3 is 10.4 Å². The van der Waals surface area contributed by atoms with Crippen LogP contribution in [0, 0.1) is 0 Å². The fourth-order valence-electron chi connectivity index (χ4n) is 3.41. The maximum Gasteiger partial charge on any atom is 0.416 e. The predicted octanol–water partition coefficient (Wildman–Crippen LogP) is 6.66. The Bertz CT molecular complexity index is 1140. The quantitative estimate of drug-likeness (QED) is 0.432.